The van der Waals surface area contributed by atoms with Crippen LogP contribution in [0.15, 0.2) is 61.1 Å². The van der Waals surface area contributed by atoms with Gasteiger partial charge in [0.05, 0.1) is 29.7 Å². The van der Waals surface area contributed by atoms with Gasteiger partial charge in [0.25, 0.3) is 0 Å². The van der Waals surface area contributed by atoms with Crippen LogP contribution in [0.4, 0.5) is 29.3 Å². The Labute approximate surface area is 210 Å². The van der Waals surface area contributed by atoms with Gasteiger partial charge in [-0.2, -0.15) is 13.2 Å². The first-order valence-electron chi connectivity index (χ1n) is 11.3. The third-order valence-electron chi connectivity index (χ3n) is 5.79. The smallest absolute Gasteiger partial charge is 0.407 e. The van der Waals surface area contributed by atoms with Crippen LogP contribution in [0.2, 0.25) is 0 Å². The fourth-order valence-corrected chi connectivity index (χ4v) is 3.75. The molecule has 2 amide bonds. The highest BCUT2D eigenvalue weighted by atomic mass is 19.4. The van der Waals surface area contributed by atoms with Crippen molar-refractivity contribution in [3.8, 4) is 5.75 Å². The molecule has 1 aliphatic rings. The van der Waals surface area contributed by atoms with E-state index in [1.807, 2.05) is 0 Å². The van der Waals surface area contributed by atoms with Gasteiger partial charge in [-0.1, -0.05) is 24.3 Å². The molecule has 37 heavy (non-hydrogen) atoms. The van der Waals surface area contributed by atoms with E-state index in [-0.39, 0.29) is 37.6 Å². The molecule has 2 aromatic carbocycles. The molecule has 0 bridgehead atoms. The first-order chi connectivity index (χ1) is 17.7. The number of hydrogen-bond acceptors (Lipinski definition) is 7. The van der Waals surface area contributed by atoms with E-state index in [1.165, 1.54) is 30.7 Å². The van der Waals surface area contributed by atoms with E-state index < -0.39 is 29.3 Å². The second-order valence-electron chi connectivity index (χ2n) is 8.42. The lowest BCUT2D eigenvalue weighted by atomic mass is 9.97. The number of halogens is 3. The average Bonchev–Trinajstić information content (AvgIpc) is 3.34. The van der Waals surface area contributed by atoms with Crippen molar-refractivity contribution in [1.82, 2.24) is 20.6 Å². The van der Waals surface area contributed by atoms with Gasteiger partial charge in [-0.15, -0.1) is 0 Å². The Morgan fingerprint density at radius 2 is 1.89 bits per heavy atom. The third-order valence-corrected chi connectivity index (χ3v) is 5.79. The molecule has 12 heteroatoms. The Bertz CT molecular complexity index is 1260. The molecule has 0 aliphatic carbocycles. The molecule has 1 fully saturated rings. The summed E-state index contributed by atoms with van der Waals surface area (Å²) in [7, 11) is 0. The van der Waals surface area contributed by atoms with Gasteiger partial charge >= 0.3 is 12.3 Å². The fourth-order valence-electron chi connectivity index (χ4n) is 3.75. The molecule has 3 N–H and O–H groups in total. The Hall–Kier alpha value is -4.19. The quantitative estimate of drug-likeness (QED) is 0.434. The summed E-state index contributed by atoms with van der Waals surface area (Å²) in [6, 6.07) is 11.8. The van der Waals surface area contributed by atoms with Crippen molar-refractivity contribution in [3.63, 3.8) is 0 Å². The van der Waals surface area contributed by atoms with Crippen LogP contribution >= 0.6 is 0 Å². The van der Waals surface area contributed by atoms with Crippen LogP contribution in [0.5, 0.6) is 5.75 Å². The first-order valence-corrected chi connectivity index (χ1v) is 11.3. The van der Waals surface area contributed by atoms with Gasteiger partial charge in [-0.3, -0.25) is 4.79 Å². The van der Waals surface area contributed by atoms with Crippen LogP contribution in [0, 0.1) is 6.92 Å². The minimum atomic E-state index is -4.48. The third kappa shape index (κ3) is 6.33. The zero-order valence-corrected chi connectivity index (χ0v) is 19.8. The lowest BCUT2D eigenvalue weighted by molar-refractivity contribution is -0.137. The number of nitrogens with zero attached hydrogens (tertiary/aromatic N) is 2. The second-order valence-corrected chi connectivity index (χ2v) is 8.42. The Balaban J connectivity index is 1.36. The molecule has 1 aromatic heterocycles. The maximum Gasteiger partial charge on any atom is 0.418 e. The number of hydrogen-bond donors (Lipinski definition) is 3. The predicted molar refractivity (Wildman–Crippen MR) is 127 cm³/mol. The number of benzene rings is 2. The SMILES string of the molecule is Cc1ncncc1OC(=O)N[C@@]1(C(=O)NCc2ccc(Nc3ccccc3C(F)(F)F)cc2)CCOC1. The van der Waals surface area contributed by atoms with Gasteiger partial charge in [0.15, 0.2) is 5.75 Å². The number of alkyl halides is 3. The number of amides is 2. The molecule has 1 atom stereocenters. The summed E-state index contributed by atoms with van der Waals surface area (Å²) in [6.07, 6.45) is -2.40. The van der Waals surface area contributed by atoms with Crippen LogP contribution < -0.4 is 20.7 Å². The predicted octanol–water partition coefficient (Wildman–Crippen LogP) is 4.11. The molecular formula is C25H24F3N5O4. The number of anilines is 2. The standard InChI is InChI=1S/C25H24F3N5O4/c1-16-21(13-29-15-31-16)37-23(35)33-24(10-11-36-14-24)22(34)30-12-17-6-8-18(9-7-17)32-20-5-3-2-4-19(20)25(26,27)28/h2-9,13,15,32H,10-12,14H2,1H3,(H,30,34)(H,33,35)/t24-/m0/s1. The molecule has 0 radical (unpaired) electrons. The monoisotopic (exact) mass is 515 g/mol. The number of aryl methyl sites for hydroxylation is 1. The van der Waals surface area contributed by atoms with E-state index >= 15 is 0 Å². The van der Waals surface area contributed by atoms with Gasteiger partial charge in [-0.25, -0.2) is 14.8 Å². The van der Waals surface area contributed by atoms with Gasteiger partial charge < -0.3 is 25.4 Å². The molecule has 4 rings (SSSR count). The van der Waals surface area contributed by atoms with Crippen LogP contribution in [0.25, 0.3) is 0 Å². The lowest BCUT2D eigenvalue weighted by Gasteiger charge is -2.27. The van der Waals surface area contributed by atoms with E-state index in [4.69, 9.17) is 9.47 Å². The van der Waals surface area contributed by atoms with Crippen molar-refractivity contribution in [1.29, 1.82) is 0 Å². The summed E-state index contributed by atoms with van der Waals surface area (Å²) in [5.74, 6) is -0.287. The number of carbonyl (C=O) groups is 2. The minimum Gasteiger partial charge on any atom is -0.407 e. The highest BCUT2D eigenvalue weighted by Crippen LogP contribution is 2.35. The van der Waals surface area contributed by atoms with E-state index in [0.717, 1.165) is 6.07 Å². The number of nitrogens with one attached hydrogen (secondary N) is 3. The van der Waals surface area contributed by atoms with Crippen LogP contribution in [-0.4, -0.2) is 40.7 Å². The van der Waals surface area contributed by atoms with Crippen LogP contribution in [0.3, 0.4) is 0 Å². The highest BCUT2D eigenvalue weighted by Gasteiger charge is 2.44. The average molecular weight is 515 g/mol. The van der Waals surface area contributed by atoms with Gasteiger partial charge in [0, 0.05) is 25.3 Å². The molecule has 1 aliphatic heterocycles. The molecule has 1 saturated heterocycles. The van der Waals surface area contributed by atoms with Gasteiger partial charge in [0.1, 0.15) is 11.9 Å². The van der Waals surface area contributed by atoms with E-state index in [0.29, 0.717) is 16.9 Å². The summed E-state index contributed by atoms with van der Waals surface area (Å²) in [5, 5.41) is 8.15. The molecule has 194 valence electrons. The van der Waals surface area contributed by atoms with E-state index in [2.05, 4.69) is 25.9 Å². The van der Waals surface area contributed by atoms with Crippen LogP contribution in [-0.2, 0) is 22.3 Å². The zero-order valence-electron chi connectivity index (χ0n) is 19.8. The molecule has 9 nitrogen and oxygen atoms in total. The topological polar surface area (TPSA) is 114 Å². The lowest BCUT2D eigenvalue weighted by Crippen LogP contribution is -2.59. The maximum absolute atomic E-state index is 13.2. The van der Waals surface area contributed by atoms with Crippen LogP contribution in [0.1, 0.15) is 23.2 Å². The molecular weight excluding hydrogens is 491 g/mol. The van der Waals surface area contributed by atoms with Crippen molar-refractivity contribution in [2.75, 3.05) is 18.5 Å². The second kappa shape index (κ2) is 10.8. The number of carbonyl (C=O) groups excluding carboxylic acids is 2. The molecule has 0 unspecified atom stereocenters. The molecule has 0 saturated carbocycles. The number of rotatable bonds is 7. The van der Waals surface area contributed by atoms with Gasteiger partial charge in [-0.05, 0) is 36.8 Å². The summed E-state index contributed by atoms with van der Waals surface area (Å²) in [6.45, 7) is 2.03. The van der Waals surface area contributed by atoms with E-state index in [9.17, 15) is 22.8 Å². The first kappa shape index (κ1) is 25.9. The minimum absolute atomic E-state index is 0.0281. The molecule has 2 heterocycles. The van der Waals surface area contributed by atoms with Crippen molar-refractivity contribution in [2.24, 2.45) is 0 Å². The summed E-state index contributed by atoms with van der Waals surface area (Å²) >= 11 is 0. The van der Waals surface area contributed by atoms with Crippen molar-refractivity contribution >= 4 is 23.4 Å². The fraction of sp³-hybridized carbons (Fsp3) is 0.280. The maximum atomic E-state index is 13.2. The van der Waals surface area contributed by atoms with Crippen molar-refractivity contribution in [3.05, 3.63) is 77.9 Å². The summed E-state index contributed by atoms with van der Waals surface area (Å²) in [5.41, 5.74) is -0.519. The molecule has 0 spiro atoms. The van der Waals surface area contributed by atoms with Crippen molar-refractivity contribution in [2.45, 2.75) is 31.6 Å². The number of aromatic nitrogens is 2. The largest absolute Gasteiger partial charge is 0.418 e. The Kier molecular flexibility index (Phi) is 7.58. The zero-order chi connectivity index (χ0) is 26.5. The Morgan fingerprint density at radius 1 is 1.14 bits per heavy atom. The summed E-state index contributed by atoms with van der Waals surface area (Å²) in [4.78, 5) is 33.3. The number of ether oxygens (including phenoxy) is 2. The molecule has 3 aromatic rings. The Morgan fingerprint density at radius 3 is 2.57 bits per heavy atom. The number of para-hydroxylation sites is 1. The van der Waals surface area contributed by atoms with Gasteiger partial charge in [0.2, 0.25) is 5.91 Å². The highest BCUT2D eigenvalue weighted by molar-refractivity contribution is 5.90. The normalized spacial score (nSPS) is 17.2. The van der Waals surface area contributed by atoms with Crippen molar-refractivity contribution < 1.29 is 32.2 Å². The van der Waals surface area contributed by atoms with E-state index in [1.54, 1.807) is 31.2 Å². The summed E-state index contributed by atoms with van der Waals surface area (Å²) < 4.78 is 50.3.